The lowest BCUT2D eigenvalue weighted by Crippen LogP contribution is -2.43. The number of hydrogen-bond acceptors (Lipinski definition) is 6. The maximum Gasteiger partial charge on any atom is 0.243 e. The largest absolute Gasteiger partial charge is 0.497 e. The Labute approximate surface area is 218 Å². The summed E-state index contributed by atoms with van der Waals surface area (Å²) in [6.45, 7) is 5.62. The van der Waals surface area contributed by atoms with Crippen LogP contribution in [0.4, 0.5) is 0 Å². The quantitative estimate of drug-likeness (QED) is 0.282. The van der Waals surface area contributed by atoms with E-state index in [4.69, 9.17) is 9.47 Å². The van der Waals surface area contributed by atoms with E-state index in [9.17, 15) is 13.2 Å². The molecule has 0 saturated heterocycles. The predicted molar refractivity (Wildman–Crippen MR) is 143 cm³/mol. The maximum atomic E-state index is 13.6. The molecule has 3 rings (SSSR count). The molecule has 0 aliphatic heterocycles. The fourth-order valence-electron chi connectivity index (χ4n) is 3.69. The molecular formula is C27H34N2O5S2. The maximum absolute atomic E-state index is 13.6. The smallest absolute Gasteiger partial charge is 0.243 e. The Morgan fingerprint density at radius 3 is 2.33 bits per heavy atom. The Morgan fingerprint density at radius 2 is 1.72 bits per heavy atom. The standard InChI is InChI=1S/C27H34N2O5S2/c1-4-34-17-8-16-29(36(31,32)25-13-11-24(33-3)12-14-25)21-27(30)28(19-23-9-6-5-7-10-23)20-26-22(2)15-18-35-26/h5-7,9-15,18H,4,8,16-17,19-21H2,1-3H3. The van der Waals surface area contributed by atoms with E-state index in [2.05, 4.69) is 0 Å². The molecule has 0 atom stereocenters. The number of aryl methyl sites for hydroxylation is 1. The van der Waals surface area contributed by atoms with Crippen LogP contribution in [0.3, 0.4) is 0 Å². The molecule has 3 aromatic rings. The van der Waals surface area contributed by atoms with Crippen molar-refractivity contribution >= 4 is 27.3 Å². The number of benzene rings is 2. The average molecular weight is 531 g/mol. The Bertz CT molecular complexity index is 1190. The third-order valence-electron chi connectivity index (χ3n) is 5.78. The second-order valence-corrected chi connectivity index (χ2v) is 11.3. The zero-order chi connectivity index (χ0) is 26.0. The van der Waals surface area contributed by atoms with Crippen LogP contribution in [-0.2, 0) is 32.6 Å². The van der Waals surface area contributed by atoms with Gasteiger partial charge in [-0.05, 0) is 67.1 Å². The van der Waals surface area contributed by atoms with Crippen LogP contribution in [-0.4, -0.2) is 56.9 Å². The van der Waals surface area contributed by atoms with Gasteiger partial charge in [0, 0.05) is 31.2 Å². The summed E-state index contributed by atoms with van der Waals surface area (Å²) in [5.74, 6) is 0.313. The molecule has 0 fully saturated rings. The van der Waals surface area contributed by atoms with Gasteiger partial charge in [-0.25, -0.2) is 8.42 Å². The van der Waals surface area contributed by atoms with Crippen molar-refractivity contribution in [3.8, 4) is 5.75 Å². The van der Waals surface area contributed by atoms with E-state index in [0.717, 1.165) is 16.0 Å². The monoisotopic (exact) mass is 530 g/mol. The fourth-order valence-corrected chi connectivity index (χ4v) is 6.04. The van der Waals surface area contributed by atoms with Crippen molar-refractivity contribution in [2.45, 2.75) is 38.3 Å². The van der Waals surface area contributed by atoms with E-state index in [1.807, 2.05) is 55.6 Å². The van der Waals surface area contributed by atoms with Crippen LogP contribution in [0.1, 0.15) is 29.3 Å². The minimum atomic E-state index is -3.91. The number of carbonyl (C=O) groups is 1. The lowest BCUT2D eigenvalue weighted by atomic mass is 10.2. The van der Waals surface area contributed by atoms with Crippen LogP contribution in [0.5, 0.6) is 5.75 Å². The molecular weight excluding hydrogens is 496 g/mol. The van der Waals surface area contributed by atoms with Gasteiger partial charge in [-0.15, -0.1) is 11.3 Å². The van der Waals surface area contributed by atoms with Crippen LogP contribution < -0.4 is 4.74 Å². The van der Waals surface area contributed by atoms with Crippen LogP contribution in [0.15, 0.2) is 70.9 Å². The highest BCUT2D eigenvalue weighted by molar-refractivity contribution is 7.89. The van der Waals surface area contributed by atoms with Crippen molar-refractivity contribution in [1.29, 1.82) is 0 Å². The summed E-state index contributed by atoms with van der Waals surface area (Å²) < 4.78 is 39.0. The Hall–Kier alpha value is -2.72. The number of hydrogen-bond donors (Lipinski definition) is 0. The molecule has 1 heterocycles. The zero-order valence-corrected chi connectivity index (χ0v) is 22.7. The summed E-state index contributed by atoms with van der Waals surface area (Å²) in [6, 6.07) is 18.0. The van der Waals surface area contributed by atoms with Gasteiger partial charge in [0.2, 0.25) is 15.9 Å². The molecule has 0 unspecified atom stereocenters. The molecule has 0 aliphatic rings. The van der Waals surface area contributed by atoms with Crippen molar-refractivity contribution < 1.29 is 22.7 Å². The Balaban J connectivity index is 1.86. The molecule has 0 aliphatic carbocycles. The van der Waals surface area contributed by atoms with Gasteiger partial charge in [0.05, 0.1) is 25.1 Å². The number of ether oxygens (including phenoxy) is 2. The van der Waals surface area contributed by atoms with E-state index in [1.165, 1.54) is 23.5 Å². The molecule has 9 heteroatoms. The van der Waals surface area contributed by atoms with E-state index in [-0.39, 0.29) is 23.9 Å². The van der Waals surface area contributed by atoms with E-state index < -0.39 is 10.0 Å². The first-order chi connectivity index (χ1) is 17.3. The first-order valence-electron chi connectivity index (χ1n) is 11.9. The second kappa shape index (κ2) is 13.5. The molecule has 1 aromatic heterocycles. The third-order valence-corrected chi connectivity index (χ3v) is 8.65. The number of methoxy groups -OCH3 is 1. The topological polar surface area (TPSA) is 76.2 Å². The summed E-state index contributed by atoms with van der Waals surface area (Å²) in [5.41, 5.74) is 2.10. The fraction of sp³-hybridized carbons (Fsp3) is 0.370. The van der Waals surface area contributed by atoms with Crippen molar-refractivity contribution in [3.05, 3.63) is 82.0 Å². The van der Waals surface area contributed by atoms with Gasteiger partial charge >= 0.3 is 0 Å². The molecule has 36 heavy (non-hydrogen) atoms. The highest BCUT2D eigenvalue weighted by Crippen LogP contribution is 2.22. The van der Waals surface area contributed by atoms with Crippen molar-refractivity contribution in [3.63, 3.8) is 0 Å². The number of nitrogens with zero attached hydrogens (tertiary/aromatic N) is 2. The van der Waals surface area contributed by atoms with Gasteiger partial charge < -0.3 is 14.4 Å². The summed E-state index contributed by atoms with van der Waals surface area (Å²) in [7, 11) is -2.38. The van der Waals surface area contributed by atoms with Crippen molar-refractivity contribution in [2.75, 3.05) is 33.4 Å². The molecule has 0 bridgehead atoms. The SMILES string of the molecule is CCOCCCN(CC(=O)N(Cc1ccccc1)Cc1sccc1C)S(=O)(=O)c1ccc(OC)cc1. The molecule has 194 valence electrons. The first-order valence-corrected chi connectivity index (χ1v) is 14.2. The van der Waals surface area contributed by atoms with Crippen LogP contribution in [0.25, 0.3) is 0 Å². The summed E-state index contributed by atoms with van der Waals surface area (Å²) in [6.07, 6.45) is 0.485. The third kappa shape index (κ3) is 7.64. The molecule has 7 nitrogen and oxygen atoms in total. The molecule has 0 spiro atoms. The molecule has 0 saturated carbocycles. The van der Waals surface area contributed by atoms with Crippen LogP contribution in [0, 0.1) is 6.92 Å². The van der Waals surface area contributed by atoms with Gasteiger partial charge in [0.15, 0.2) is 0 Å². The number of thiophene rings is 1. The molecule has 2 aromatic carbocycles. The number of rotatable bonds is 14. The van der Waals surface area contributed by atoms with Crippen LogP contribution in [0.2, 0.25) is 0 Å². The number of carbonyl (C=O) groups excluding carboxylic acids is 1. The first kappa shape index (κ1) is 27.9. The normalized spacial score (nSPS) is 11.6. The zero-order valence-electron chi connectivity index (χ0n) is 21.1. The minimum Gasteiger partial charge on any atom is -0.497 e. The predicted octanol–water partition coefficient (Wildman–Crippen LogP) is 4.71. The van der Waals surface area contributed by atoms with E-state index in [1.54, 1.807) is 28.4 Å². The van der Waals surface area contributed by atoms with Gasteiger partial charge in [-0.1, -0.05) is 30.3 Å². The van der Waals surface area contributed by atoms with Gasteiger partial charge in [0.1, 0.15) is 5.75 Å². The summed E-state index contributed by atoms with van der Waals surface area (Å²) in [5, 5.41) is 2.00. The summed E-state index contributed by atoms with van der Waals surface area (Å²) in [4.78, 5) is 16.6. The van der Waals surface area contributed by atoms with E-state index >= 15 is 0 Å². The van der Waals surface area contributed by atoms with Crippen molar-refractivity contribution in [2.24, 2.45) is 0 Å². The minimum absolute atomic E-state index is 0.122. The Morgan fingerprint density at radius 1 is 1.00 bits per heavy atom. The van der Waals surface area contributed by atoms with Gasteiger partial charge in [0.25, 0.3) is 0 Å². The van der Waals surface area contributed by atoms with Crippen LogP contribution >= 0.6 is 11.3 Å². The average Bonchev–Trinajstić information content (AvgIpc) is 3.30. The highest BCUT2D eigenvalue weighted by atomic mass is 32.2. The highest BCUT2D eigenvalue weighted by Gasteiger charge is 2.29. The number of sulfonamides is 1. The molecule has 0 radical (unpaired) electrons. The van der Waals surface area contributed by atoms with Gasteiger partial charge in [-0.3, -0.25) is 4.79 Å². The summed E-state index contributed by atoms with van der Waals surface area (Å²) >= 11 is 1.60. The van der Waals surface area contributed by atoms with Gasteiger partial charge in [-0.2, -0.15) is 4.31 Å². The molecule has 1 amide bonds. The lowest BCUT2D eigenvalue weighted by Gasteiger charge is -2.27. The van der Waals surface area contributed by atoms with E-state index in [0.29, 0.717) is 38.5 Å². The second-order valence-electron chi connectivity index (χ2n) is 8.33. The van der Waals surface area contributed by atoms with Crippen molar-refractivity contribution in [1.82, 2.24) is 9.21 Å². The molecule has 0 N–H and O–H groups in total. The number of amides is 1. The lowest BCUT2D eigenvalue weighted by molar-refractivity contribution is -0.132. The Kier molecular flexibility index (Phi) is 10.5.